The Hall–Kier alpha value is 0.440. The van der Waals surface area contributed by atoms with Gasteiger partial charge in [-0.3, -0.25) is 0 Å². The van der Waals surface area contributed by atoms with E-state index < -0.39 is 0 Å². The van der Waals surface area contributed by atoms with Crippen molar-refractivity contribution in [1.29, 1.82) is 0 Å². The third kappa shape index (κ3) is 10.4. The molecule has 0 aromatic rings. The largest absolute Gasteiger partial charge is 0.393 e. The van der Waals surface area contributed by atoms with Crippen molar-refractivity contribution < 1.29 is 5.11 Å². The number of aliphatic hydroxyl groups excluding tert-OH is 1. The van der Waals surface area contributed by atoms with Gasteiger partial charge < -0.3 is 5.11 Å². The minimum absolute atomic E-state index is 0.0532. The summed E-state index contributed by atoms with van der Waals surface area (Å²) in [6.07, 6.45) is 9.68. The second-order valence-electron chi connectivity index (χ2n) is 3.66. The van der Waals surface area contributed by atoms with Gasteiger partial charge in [0.1, 0.15) is 0 Å². The molecule has 1 atom stereocenters. The van der Waals surface area contributed by atoms with E-state index in [1.165, 1.54) is 38.5 Å². The van der Waals surface area contributed by atoms with Gasteiger partial charge in [-0.25, -0.2) is 0 Å². The molecule has 80 valence electrons. The van der Waals surface area contributed by atoms with E-state index >= 15 is 0 Å². The second-order valence-corrected chi connectivity index (χ2v) is 4.45. The van der Waals surface area contributed by atoms with Crippen LogP contribution in [0.2, 0.25) is 0 Å². The molecule has 1 unspecified atom stereocenters. The number of unbranched alkanes of at least 4 members (excludes halogenated alkanes) is 5. The van der Waals surface area contributed by atoms with Crippen LogP contribution in [0.25, 0.3) is 0 Å². The standard InChI is InChI=1S/C11H23BrO/c1-2-11(13)9-7-5-3-4-6-8-10-12/h11,13H,2-10H2,1H3. The summed E-state index contributed by atoms with van der Waals surface area (Å²) in [5.41, 5.74) is 0. The van der Waals surface area contributed by atoms with Gasteiger partial charge in [0.15, 0.2) is 0 Å². The molecule has 0 fully saturated rings. The molecular weight excluding hydrogens is 228 g/mol. The molecule has 0 saturated carbocycles. The number of rotatable bonds is 9. The molecule has 0 aliphatic rings. The van der Waals surface area contributed by atoms with Crippen molar-refractivity contribution in [2.24, 2.45) is 0 Å². The molecule has 0 heterocycles. The molecule has 0 aromatic carbocycles. The lowest BCUT2D eigenvalue weighted by Crippen LogP contribution is -2.03. The van der Waals surface area contributed by atoms with Gasteiger partial charge in [-0.1, -0.05) is 55.0 Å². The first-order valence-electron chi connectivity index (χ1n) is 5.55. The highest BCUT2D eigenvalue weighted by atomic mass is 79.9. The first-order chi connectivity index (χ1) is 6.31. The fourth-order valence-corrected chi connectivity index (χ4v) is 1.78. The summed E-state index contributed by atoms with van der Waals surface area (Å²) in [7, 11) is 0. The van der Waals surface area contributed by atoms with Crippen LogP contribution in [-0.4, -0.2) is 16.5 Å². The first-order valence-corrected chi connectivity index (χ1v) is 6.67. The summed E-state index contributed by atoms with van der Waals surface area (Å²) in [5.74, 6) is 0. The Kier molecular flexibility index (Phi) is 10.9. The van der Waals surface area contributed by atoms with Crippen LogP contribution < -0.4 is 0 Å². The normalized spacial score (nSPS) is 13.2. The van der Waals surface area contributed by atoms with Crippen molar-refractivity contribution in [1.82, 2.24) is 0 Å². The number of aliphatic hydroxyl groups is 1. The summed E-state index contributed by atoms with van der Waals surface area (Å²) in [5, 5.41) is 10.4. The molecule has 0 saturated heterocycles. The average molecular weight is 251 g/mol. The molecule has 2 heteroatoms. The lowest BCUT2D eigenvalue weighted by molar-refractivity contribution is 0.156. The number of hydrogen-bond donors (Lipinski definition) is 1. The minimum atomic E-state index is -0.0532. The van der Waals surface area contributed by atoms with E-state index in [-0.39, 0.29) is 6.10 Å². The topological polar surface area (TPSA) is 20.2 Å². The van der Waals surface area contributed by atoms with Crippen molar-refractivity contribution in [2.75, 3.05) is 5.33 Å². The van der Waals surface area contributed by atoms with Gasteiger partial charge in [0.2, 0.25) is 0 Å². The van der Waals surface area contributed by atoms with Crippen LogP contribution in [0.5, 0.6) is 0 Å². The summed E-state index contributed by atoms with van der Waals surface area (Å²) >= 11 is 3.43. The third-order valence-electron chi connectivity index (χ3n) is 2.39. The fourth-order valence-electron chi connectivity index (χ4n) is 1.39. The Morgan fingerprint density at radius 1 is 1.00 bits per heavy atom. The smallest absolute Gasteiger partial charge is 0.0537 e. The highest BCUT2D eigenvalue weighted by molar-refractivity contribution is 9.09. The van der Waals surface area contributed by atoms with Crippen LogP contribution in [0, 0.1) is 0 Å². The number of alkyl halides is 1. The van der Waals surface area contributed by atoms with Gasteiger partial charge in [-0.2, -0.15) is 0 Å². The van der Waals surface area contributed by atoms with Gasteiger partial charge in [0, 0.05) is 5.33 Å². The lowest BCUT2D eigenvalue weighted by Gasteiger charge is -2.06. The van der Waals surface area contributed by atoms with E-state index in [9.17, 15) is 5.11 Å². The Bertz CT molecular complexity index is 96.1. The number of hydrogen-bond acceptors (Lipinski definition) is 1. The summed E-state index contributed by atoms with van der Waals surface area (Å²) in [6, 6.07) is 0. The van der Waals surface area contributed by atoms with Crippen molar-refractivity contribution in [3.63, 3.8) is 0 Å². The molecule has 0 aliphatic carbocycles. The van der Waals surface area contributed by atoms with Crippen LogP contribution in [0.1, 0.15) is 58.3 Å². The summed E-state index contributed by atoms with van der Waals surface area (Å²) < 4.78 is 0. The molecule has 0 radical (unpaired) electrons. The molecule has 0 amide bonds. The van der Waals surface area contributed by atoms with Crippen LogP contribution >= 0.6 is 15.9 Å². The Labute approximate surface area is 91.1 Å². The third-order valence-corrected chi connectivity index (χ3v) is 2.95. The van der Waals surface area contributed by atoms with Crippen molar-refractivity contribution >= 4 is 15.9 Å². The zero-order chi connectivity index (χ0) is 9.94. The van der Waals surface area contributed by atoms with Crippen molar-refractivity contribution in [3.8, 4) is 0 Å². The Morgan fingerprint density at radius 3 is 2.08 bits per heavy atom. The SMILES string of the molecule is CCC(O)CCCCCCCCBr. The molecule has 0 aliphatic heterocycles. The Morgan fingerprint density at radius 2 is 1.54 bits per heavy atom. The van der Waals surface area contributed by atoms with Gasteiger partial charge >= 0.3 is 0 Å². The lowest BCUT2D eigenvalue weighted by atomic mass is 10.1. The quantitative estimate of drug-likeness (QED) is 0.487. The Balaban J connectivity index is 2.91. The minimum Gasteiger partial charge on any atom is -0.393 e. The van der Waals surface area contributed by atoms with Crippen molar-refractivity contribution in [2.45, 2.75) is 64.4 Å². The van der Waals surface area contributed by atoms with Crippen LogP contribution in [0.3, 0.4) is 0 Å². The molecule has 0 spiro atoms. The molecule has 1 N–H and O–H groups in total. The van der Waals surface area contributed by atoms with Gasteiger partial charge in [-0.05, 0) is 19.3 Å². The van der Waals surface area contributed by atoms with E-state index in [0.717, 1.165) is 18.2 Å². The second kappa shape index (κ2) is 10.5. The maximum atomic E-state index is 9.29. The predicted octanol–water partition coefficient (Wildman–Crippen LogP) is 3.88. The first kappa shape index (κ1) is 13.4. The predicted molar refractivity (Wildman–Crippen MR) is 62.4 cm³/mol. The molecule has 1 nitrogen and oxygen atoms in total. The van der Waals surface area contributed by atoms with Gasteiger partial charge in [0.25, 0.3) is 0 Å². The highest BCUT2D eigenvalue weighted by Gasteiger charge is 1.99. The van der Waals surface area contributed by atoms with Gasteiger partial charge in [-0.15, -0.1) is 0 Å². The van der Waals surface area contributed by atoms with Crippen molar-refractivity contribution in [3.05, 3.63) is 0 Å². The van der Waals surface area contributed by atoms with Crippen LogP contribution in [-0.2, 0) is 0 Å². The molecule has 13 heavy (non-hydrogen) atoms. The zero-order valence-corrected chi connectivity index (χ0v) is 10.4. The molecular formula is C11H23BrO. The van der Waals surface area contributed by atoms with Crippen LogP contribution in [0.4, 0.5) is 0 Å². The molecule has 0 bridgehead atoms. The molecule has 0 aromatic heterocycles. The fraction of sp³-hybridized carbons (Fsp3) is 1.00. The van der Waals surface area contributed by atoms with E-state index in [1.54, 1.807) is 0 Å². The van der Waals surface area contributed by atoms with E-state index in [0.29, 0.717) is 0 Å². The van der Waals surface area contributed by atoms with E-state index in [2.05, 4.69) is 15.9 Å². The average Bonchev–Trinajstić information content (AvgIpc) is 2.16. The van der Waals surface area contributed by atoms with Gasteiger partial charge in [0.05, 0.1) is 6.10 Å². The highest BCUT2D eigenvalue weighted by Crippen LogP contribution is 2.10. The van der Waals surface area contributed by atoms with E-state index in [4.69, 9.17) is 0 Å². The monoisotopic (exact) mass is 250 g/mol. The summed E-state index contributed by atoms with van der Waals surface area (Å²) in [4.78, 5) is 0. The van der Waals surface area contributed by atoms with E-state index in [1.807, 2.05) is 6.92 Å². The van der Waals surface area contributed by atoms with Crippen LogP contribution in [0.15, 0.2) is 0 Å². The maximum absolute atomic E-state index is 9.29. The maximum Gasteiger partial charge on any atom is 0.0537 e. The molecule has 0 rings (SSSR count). The summed E-state index contributed by atoms with van der Waals surface area (Å²) in [6.45, 7) is 2.04. The number of halogens is 1. The zero-order valence-electron chi connectivity index (χ0n) is 8.77.